The summed E-state index contributed by atoms with van der Waals surface area (Å²) < 4.78 is 20.3. The summed E-state index contributed by atoms with van der Waals surface area (Å²) in [6.07, 6.45) is 2.08. The first kappa shape index (κ1) is 21.3. The van der Waals surface area contributed by atoms with Crippen LogP contribution in [0.25, 0.3) is 5.57 Å². The minimum Gasteiger partial charge on any atom is -0.368 e. The van der Waals surface area contributed by atoms with E-state index in [1.54, 1.807) is 6.07 Å². The van der Waals surface area contributed by atoms with Gasteiger partial charge in [0, 0.05) is 35.4 Å². The maximum atomic E-state index is 11.7. The van der Waals surface area contributed by atoms with E-state index in [0.29, 0.717) is 23.7 Å². The molecule has 5 nitrogen and oxygen atoms in total. The first-order valence-corrected chi connectivity index (χ1v) is 11.3. The molecule has 3 aromatic rings. The molecule has 1 amide bonds. The standard InChI is InChI=1S/C24H21ClN2O3S/c25-21-8-6-18(7-9-21)23-14-27(12-16-2-1-3-17(10-16)15-31(29)30)13-20-5-4-19(24(26)28)11-22(20)23/h1-11,14H,12-13,15H2,(H2,26,28)(H,29,30). The molecule has 1 unspecified atom stereocenters. The van der Waals surface area contributed by atoms with Crippen molar-refractivity contribution in [2.75, 3.05) is 0 Å². The molecular formula is C24H21ClN2O3S. The van der Waals surface area contributed by atoms with Gasteiger partial charge in [-0.3, -0.25) is 4.79 Å². The van der Waals surface area contributed by atoms with Gasteiger partial charge in [-0.25, -0.2) is 4.21 Å². The van der Waals surface area contributed by atoms with Crippen molar-refractivity contribution in [3.05, 3.63) is 111 Å². The first-order chi connectivity index (χ1) is 14.9. The Balaban J connectivity index is 1.71. The van der Waals surface area contributed by atoms with Gasteiger partial charge in [-0.15, -0.1) is 0 Å². The Morgan fingerprint density at radius 3 is 2.52 bits per heavy atom. The van der Waals surface area contributed by atoms with Gasteiger partial charge in [0.05, 0.1) is 5.75 Å². The van der Waals surface area contributed by atoms with E-state index in [4.69, 9.17) is 17.3 Å². The number of carbonyl (C=O) groups excluding carboxylic acids is 1. The zero-order chi connectivity index (χ0) is 22.0. The normalized spacial score (nSPS) is 14.0. The molecule has 158 valence electrons. The van der Waals surface area contributed by atoms with Gasteiger partial charge in [-0.2, -0.15) is 0 Å². The number of nitrogens with two attached hydrogens (primary N) is 1. The van der Waals surface area contributed by atoms with Crippen molar-refractivity contribution >= 4 is 34.2 Å². The van der Waals surface area contributed by atoms with Crippen LogP contribution in [0, 0.1) is 0 Å². The second-order valence-corrected chi connectivity index (χ2v) is 8.84. The number of amides is 1. The highest BCUT2D eigenvalue weighted by Crippen LogP contribution is 2.34. The molecule has 0 aromatic heterocycles. The Hall–Kier alpha value is -2.93. The fourth-order valence-corrected chi connectivity index (χ4v) is 4.38. The lowest BCUT2D eigenvalue weighted by molar-refractivity contribution is 0.1000. The Morgan fingerprint density at radius 2 is 1.81 bits per heavy atom. The topological polar surface area (TPSA) is 83.6 Å². The Morgan fingerprint density at radius 1 is 1.06 bits per heavy atom. The zero-order valence-electron chi connectivity index (χ0n) is 16.6. The molecule has 7 heteroatoms. The van der Waals surface area contributed by atoms with Crippen molar-refractivity contribution < 1.29 is 13.6 Å². The molecule has 1 atom stereocenters. The van der Waals surface area contributed by atoms with Crippen LogP contribution in [0.1, 0.15) is 38.2 Å². The van der Waals surface area contributed by atoms with Crippen LogP contribution >= 0.6 is 11.6 Å². The molecule has 0 radical (unpaired) electrons. The first-order valence-electron chi connectivity index (χ1n) is 9.69. The second kappa shape index (κ2) is 9.06. The van der Waals surface area contributed by atoms with Crippen molar-refractivity contribution in [1.29, 1.82) is 0 Å². The van der Waals surface area contributed by atoms with Gasteiger partial charge >= 0.3 is 0 Å². The highest BCUT2D eigenvalue weighted by Gasteiger charge is 2.20. The average Bonchev–Trinajstić information content (AvgIpc) is 2.73. The van der Waals surface area contributed by atoms with Crippen molar-refractivity contribution in [3.63, 3.8) is 0 Å². The van der Waals surface area contributed by atoms with Crippen molar-refractivity contribution in [2.24, 2.45) is 5.73 Å². The van der Waals surface area contributed by atoms with Crippen LogP contribution in [0.15, 0.2) is 72.9 Å². The SMILES string of the molecule is NC(=O)c1ccc2c(c1)C(c1ccc(Cl)cc1)=CN(Cc1cccc(CS(=O)O)c1)C2. The molecular weight excluding hydrogens is 432 g/mol. The van der Waals surface area contributed by atoms with Gasteiger partial charge in [-0.05, 0) is 52.1 Å². The summed E-state index contributed by atoms with van der Waals surface area (Å²) >= 11 is 4.20. The molecule has 0 fully saturated rings. The summed E-state index contributed by atoms with van der Waals surface area (Å²) in [7, 11) is 0. The third-order valence-corrected chi connectivity index (χ3v) is 6.02. The summed E-state index contributed by atoms with van der Waals surface area (Å²) in [6, 6.07) is 20.8. The lowest BCUT2D eigenvalue weighted by atomic mass is 9.90. The summed E-state index contributed by atoms with van der Waals surface area (Å²) in [6.45, 7) is 1.31. The summed E-state index contributed by atoms with van der Waals surface area (Å²) in [5.74, 6) is -0.350. The minimum absolute atomic E-state index is 0.110. The molecule has 1 aliphatic heterocycles. The highest BCUT2D eigenvalue weighted by atomic mass is 35.5. The molecule has 1 aliphatic rings. The van der Waals surface area contributed by atoms with Crippen LogP contribution in [0.5, 0.6) is 0 Å². The predicted octanol–water partition coefficient (Wildman–Crippen LogP) is 4.57. The van der Waals surface area contributed by atoms with Crippen LogP contribution in [0.3, 0.4) is 0 Å². The molecule has 3 N–H and O–H groups in total. The Bertz CT molecular complexity index is 1190. The lowest BCUT2D eigenvalue weighted by Crippen LogP contribution is -2.22. The fraction of sp³-hybridized carbons (Fsp3) is 0.125. The third kappa shape index (κ3) is 5.05. The summed E-state index contributed by atoms with van der Waals surface area (Å²) in [5, 5.41) is 0.654. The van der Waals surface area contributed by atoms with Crippen LogP contribution < -0.4 is 5.73 Å². The van der Waals surface area contributed by atoms with Gasteiger partial charge < -0.3 is 15.2 Å². The third-order valence-electron chi connectivity index (χ3n) is 5.19. The van der Waals surface area contributed by atoms with E-state index in [2.05, 4.69) is 11.1 Å². The maximum absolute atomic E-state index is 11.7. The van der Waals surface area contributed by atoms with Gasteiger partial charge in [0.2, 0.25) is 5.91 Å². The van der Waals surface area contributed by atoms with E-state index >= 15 is 0 Å². The number of nitrogens with zero attached hydrogens (tertiary/aromatic N) is 1. The number of primary amides is 1. The van der Waals surface area contributed by atoms with Gasteiger partial charge in [0.1, 0.15) is 0 Å². The van der Waals surface area contributed by atoms with Crippen LogP contribution in [0.2, 0.25) is 5.02 Å². The smallest absolute Gasteiger partial charge is 0.248 e. The van der Waals surface area contributed by atoms with Crippen molar-refractivity contribution in [2.45, 2.75) is 18.8 Å². The number of carbonyl (C=O) groups is 1. The molecule has 0 bridgehead atoms. The van der Waals surface area contributed by atoms with Crippen LogP contribution in [-0.2, 0) is 29.9 Å². The maximum Gasteiger partial charge on any atom is 0.248 e. The number of halogens is 1. The second-order valence-electron chi connectivity index (χ2n) is 7.48. The summed E-state index contributed by atoms with van der Waals surface area (Å²) in [5.41, 5.74) is 11.9. The largest absolute Gasteiger partial charge is 0.368 e. The minimum atomic E-state index is -1.87. The van der Waals surface area contributed by atoms with E-state index in [-0.39, 0.29) is 5.75 Å². The van der Waals surface area contributed by atoms with E-state index in [1.165, 1.54) is 0 Å². The molecule has 3 aromatic carbocycles. The number of hydrogen-bond donors (Lipinski definition) is 2. The monoisotopic (exact) mass is 452 g/mol. The average molecular weight is 453 g/mol. The van der Waals surface area contributed by atoms with E-state index in [1.807, 2.05) is 60.7 Å². The Labute approximate surface area is 188 Å². The zero-order valence-corrected chi connectivity index (χ0v) is 18.2. The number of rotatable bonds is 6. The highest BCUT2D eigenvalue weighted by molar-refractivity contribution is 7.78. The predicted molar refractivity (Wildman–Crippen MR) is 124 cm³/mol. The van der Waals surface area contributed by atoms with Crippen LogP contribution in [-0.4, -0.2) is 19.6 Å². The molecule has 0 saturated carbocycles. The molecule has 0 aliphatic carbocycles. The number of fused-ring (bicyclic) bond motifs is 1. The van der Waals surface area contributed by atoms with Crippen molar-refractivity contribution in [1.82, 2.24) is 4.90 Å². The molecule has 1 heterocycles. The lowest BCUT2D eigenvalue weighted by Gasteiger charge is -2.30. The fourth-order valence-electron chi connectivity index (χ4n) is 3.79. The molecule has 0 spiro atoms. The Kier molecular flexibility index (Phi) is 6.23. The quantitative estimate of drug-likeness (QED) is 0.537. The van der Waals surface area contributed by atoms with Crippen LogP contribution in [0.4, 0.5) is 0 Å². The van der Waals surface area contributed by atoms with Gasteiger partial charge in [0.25, 0.3) is 0 Å². The van der Waals surface area contributed by atoms with E-state index in [0.717, 1.165) is 33.4 Å². The number of benzene rings is 3. The van der Waals surface area contributed by atoms with E-state index < -0.39 is 17.0 Å². The molecule has 4 rings (SSSR count). The summed E-state index contributed by atoms with van der Waals surface area (Å²) in [4.78, 5) is 13.9. The number of hydrogen-bond acceptors (Lipinski definition) is 3. The molecule has 0 saturated heterocycles. The van der Waals surface area contributed by atoms with E-state index in [9.17, 15) is 13.6 Å². The van der Waals surface area contributed by atoms with Gasteiger partial charge in [0.15, 0.2) is 11.1 Å². The van der Waals surface area contributed by atoms with Gasteiger partial charge in [-0.1, -0.05) is 54.1 Å². The molecule has 31 heavy (non-hydrogen) atoms. The van der Waals surface area contributed by atoms with Crippen molar-refractivity contribution in [3.8, 4) is 0 Å².